The van der Waals surface area contributed by atoms with Crippen molar-refractivity contribution in [1.82, 2.24) is 4.57 Å². The minimum atomic E-state index is -0.444. The predicted molar refractivity (Wildman–Crippen MR) is 117 cm³/mol. The normalized spacial score (nSPS) is 19.9. The number of aryl methyl sites for hydroxylation is 1. The molecule has 3 aliphatic heterocycles. The van der Waals surface area contributed by atoms with Gasteiger partial charge in [0.15, 0.2) is 0 Å². The van der Waals surface area contributed by atoms with E-state index >= 15 is 0 Å². The molecule has 0 aliphatic carbocycles. The topological polar surface area (TPSA) is 60.7 Å². The summed E-state index contributed by atoms with van der Waals surface area (Å²) in [5, 5.41) is 0. The molecule has 0 saturated carbocycles. The summed E-state index contributed by atoms with van der Waals surface area (Å²) in [6.07, 6.45) is 3.13. The monoisotopic (exact) mass is 420 g/mol. The summed E-state index contributed by atoms with van der Waals surface area (Å²) >= 11 is 0. The molecule has 160 valence electrons. The number of cyclic esters (lactones) is 1. The lowest BCUT2D eigenvalue weighted by molar-refractivity contribution is -0.148. The maximum atomic E-state index is 14.6. The van der Waals surface area contributed by atoms with E-state index in [1.54, 1.807) is 4.57 Å². The smallest absolute Gasteiger partial charge is 0.313 e. The fourth-order valence-corrected chi connectivity index (χ4v) is 4.99. The zero-order chi connectivity index (χ0) is 21.9. The molecule has 2 aromatic rings. The standard InChI is InChI=1S/C25H25FN2O3/c1-4-17-18-10-22-23-19(11-28(22)24(29)20(18)12-31-25(17)30)13(2)6-5-7-15-8-16(27-23)9-21(26)14(15)3/h8-10,17H,4-7,11-12H2,1-3H3. The van der Waals surface area contributed by atoms with Gasteiger partial charge >= 0.3 is 5.97 Å². The number of esters is 1. The molecule has 5 nitrogen and oxygen atoms in total. The van der Waals surface area contributed by atoms with Crippen LogP contribution in [0.2, 0.25) is 0 Å². The summed E-state index contributed by atoms with van der Waals surface area (Å²) in [5.74, 6) is -0.989. The van der Waals surface area contributed by atoms with Gasteiger partial charge in [-0.25, -0.2) is 9.38 Å². The van der Waals surface area contributed by atoms with E-state index in [1.807, 2.05) is 26.0 Å². The first kappa shape index (κ1) is 19.9. The van der Waals surface area contributed by atoms with Crippen LogP contribution in [-0.2, 0) is 29.1 Å². The quantitative estimate of drug-likeness (QED) is 0.632. The number of fused-ring (bicyclic) bond motifs is 6. The molecule has 0 radical (unpaired) electrons. The Kier molecular flexibility index (Phi) is 4.68. The summed E-state index contributed by atoms with van der Waals surface area (Å²) < 4.78 is 21.6. The van der Waals surface area contributed by atoms with Gasteiger partial charge in [0.1, 0.15) is 12.4 Å². The molecule has 0 spiro atoms. The first-order valence-corrected chi connectivity index (χ1v) is 10.9. The Morgan fingerprint density at radius 3 is 2.77 bits per heavy atom. The fourth-order valence-electron chi connectivity index (χ4n) is 4.99. The zero-order valence-electron chi connectivity index (χ0n) is 18.0. The summed E-state index contributed by atoms with van der Waals surface area (Å²) in [5.41, 5.74) is 7.01. The molecule has 0 amide bonds. The average Bonchev–Trinajstić information content (AvgIpc) is 3.10. The highest BCUT2D eigenvalue weighted by molar-refractivity contribution is 6.15. The molecule has 31 heavy (non-hydrogen) atoms. The fraction of sp³-hybridized carbons (Fsp3) is 0.400. The van der Waals surface area contributed by atoms with Gasteiger partial charge < -0.3 is 9.30 Å². The van der Waals surface area contributed by atoms with E-state index in [-0.39, 0.29) is 24.0 Å². The summed E-state index contributed by atoms with van der Waals surface area (Å²) in [6, 6.07) is 5.35. The highest BCUT2D eigenvalue weighted by Crippen LogP contribution is 2.35. The number of allylic oxidation sites excluding steroid dienone is 2. The van der Waals surface area contributed by atoms with Gasteiger partial charge in [-0.2, -0.15) is 0 Å². The van der Waals surface area contributed by atoms with Crippen molar-refractivity contribution in [2.45, 2.75) is 65.5 Å². The molecule has 1 aromatic carbocycles. The second kappa shape index (κ2) is 7.29. The number of benzene rings is 1. The van der Waals surface area contributed by atoms with Crippen molar-refractivity contribution in [3.8, 4) is 0 Å². The third kappa shape index (κ3) is 3.08. The number of carbonyl (C=O) groups is 1. The summed E-state index contributed by atoms with van der Waals surface area (Å²) in [7, 11) is 0. The van der Waals surface area contributed by atoms with Crippen LogP contribution in [0.25, 0.3) is 0 Å². The number of aliphatic imine (C=N–C) groups is 1. The number of halogens is 1. The Labute approximate surface area is 180 Å². The number of hydrogen-bond donors (Lipinski definition) is 0. The molecule has 6 heteroatoms. The third-order valence-electron chi connectivity index (χ3n) is 6.90. The predicted octanol–water partition coefficient (Wildman–Crippen LogP) is 4.63. The molecule has 3 aliphatic rings. The van der Waals surface area contributed by atoms with Crippen molar-refractivity contribution in [2.75, 3.05) is 0 Å². The van der Waals surface area contributed by atoms with Crippen LogP contribution in [0.5, 0.6) is 0 Å². The van der Waals surface area contributed by atoms with E-state index in [4.69, 9.17) is 9.73 Å². The number of rotatable bonds is 1. The van der Waals surface area contributed by atoms with Crippen molar-refractivity contribution in [2.24, 2.45) is 4.99 Å². The number of hydrogen-bond acceptors (Lipinski definition) is 4. The number of aromatic nitrogens is 1. The molecule has 0 N–H and O–H groups in total. The number of pyridine rings is 1. The van der Waals surface area contributed by atoms with Crippen LogP contribution in [0.1, 0.15) is 67.0 Å². The molecular weight excluding hydrogens is 395 g/mol. The largest absolute Gasteiger partial charge is 0.460 e. The van der Waals surface area contributed by atoms with Gasteiger partial charge in [0.25, 0.3) is 5.56 Å². The van der Waals surface area contributed by atoms with Gasteiger partial charge in [-0.15, -0.1) is 0 Å². The van der Waals surface area contributed by atoms with Gasteiger partial charge in [-0.1, -0.05) is 12.5 Å². The van der Waals surface area contributed by atoms with Gasteiger partial charge in [0.2, 0.25) is 0 Å². The molecule has 1 unspecified atom stereocenters. The van der Waals surface area contributed by atoms with Gasteiger partial charge in [0.05, 0.1) is 35.1 Å². The van der Waals surface area contributed by atoms with E-state index in [9.17, 15) is 14.0 Å². The first-order valence-electron chi connectivity index (χ1n) is 10.9. The van der Waals surface area contributed by atoms with Crippen LogP contribution in [-0.4, -0.2) is 16.2 Å². The molecule has 0 fully saturated rings. The lowest BCUT2D eigenvalue weighted by atomic mass is 9.90. The molecule has 0 saturated heterocycles. The van der Waals surface area contributed by atoms with Crippen LogP contribution in [0.15, 0.2) is 39.1 Å². The second-order valence-corrected chi connectivity index (χ2v) is 8.71. The number of carbonyl (C=O) groups excluding carboxylic acids is 1. The van der Waals surface area contributed by atoms with Crippen LogP contribution < -0.4 is 5.56 Å². The third-order valence-corrected chi connectivity index (χ3v) is 6.90. The Morgan fingerprint density at radius 1 is 1.19 bits per heavy atom. The van der Waals surface area contributed by atoms with E-state index in [1.165, 1.54) is 11.6 Å². The zero-order valence-corrected chi connectivity index (χ0v) is 18.0. The molecule has 1 aromatic heterocycles. The van der Waals surface area contributed by atoms with Crippen molar-refractivity contribution >= 4 is 17.4 Å². The van der Waals surface area contributed by atoms with Gasteiger partial charge in [-0.05, 0) is 80.0 Å². The van der Waals surface area contributed by atoms with Crippen molar-refractivity contribution in [3.63, 3.8) is 0 Å². The Morgan fingerprint density at radius 2 is 2.00 bits per heavy atom. The number of ether oxygens (including phenoxy) is 1. The van der Waals surface area contributed by atoms with Gasteiger partial charge in [0, 0.05) is 0 Å². The van der Waals surface area contributed by atoms with Gasteiger partial charge in [-0.3, -0.25) is 9.59 Å². The first-order chi connectivity index (χ1) is 14.9. The maximum absolute atomic E-state index is 14.6. The molecule has 4 heterocycles. The van der Waals surface area contributed by atoms with Crippen molar-refractivity contribution in [3.05, 3.63) is 73.5 Å². The highest BCUT2D eigenvalue weighted by atomic mass is 19.1. The van der Waals surface area contributed by atoms with E-state index in [2.05, 4.69) is 6.92 Å². The van der Waals surface area contributed by atoms with Crippen LogP contribution >= 0.6 is 0 Å². The van der Waals surface area contributed by atoms with E-state index in [0.717, 1.165) is 36.0 Å². The Bertz CT molecular complexity index is 1250. The van der Waals surface area contributed by atoms with Crippen LogP contribution in [0.3, 0.4) is 0 Å². The van der Waals surface area contributed by atoms with Crippen LogP contribution in [0.4, 0.5) is 10.1 Å². The average molecular weight is 420 g/mol. The van der Waals surface area contributed by atoms with Crippen molar-refractivity contribution < 1.29 is 13.9 Å². The Hall–Kier alpha value is -3.02. The van der Waals surface area contributed by atoms with E-state index < -0.39 is 5.92 Å². The number of nitrogens with zero attached hydrogens (tertiary/aromatic N) is 2. The second-order valence-electron chi connectivity index (χ2n) is 8.71. The maximum Gasteiger partial charge on any atom is 0.313 e. The molecular formula is C25H25FN2O3. The molecule has 5 rings (SSSR count). The minimum absolute atomic E-state index is 0.0147. The highest BCUT2D eigenvalue weighted by Gasteiger charge is 2.35. The summed E-state index contributed by atoms with van der Waals surface area (Å²) in [6.45, 7) is 6.27. The molecule has 2 bridgehead atoms. The summed E-state index contributed by atoms with van der Waals surface area (Å²) in [4.78, 5) is 30.5. The minimum Gasteiger partial charge on any atom is -0.460 e. The lowest BCUT2D eigenvalue weighted by Crippen LogP contribution is -2.33. The van der Waals surface area contributed by atoms with Crippen molar-refractivity contribution in [1.29, 1.82) is 0 Å². The SMILES string of the molecule is CCC1C(=O)OCc2c1cc1n(c2=O)CC2=C(C)CCCc3cc(cc(F)c3C)N=C21. The van der Waals surface area contributed by atoms with Crippen LogP contribution in [0, 0.1) is 12.7 Å². The Balaban J connectivity index is 1.77. The van der Waals surface area contributed by atoms with E-state index in [0.29, 0.717) is 41.2 Å². The lowest BCUT2D eigenvalue weighted by Gasteiger charge is -2.24. The molecule has 1 atom stereocenters.